The van der Waals surface area contributed by atoms with E-state index in [4.69, 9.17) is 5.73 Å². The van der Waals surface area contributed by atoms with Gasteiger partial charge in [0.25, 0.3) is 0 Å². The van der Waals surface area contributed by atoms with Crippen molar-refractivity contribution in [1.82, 2.24) is 4.90 Å². The average molecular weight is 354 g/mol. The molecule has 6 nitrogen and oxygen atoms in total. The summed E-state index contributed by atoms with van der Waals surface area (Å²) in [5, 5.41) is 9.23. The number of nitrogens with two attached hydrogens (primary N) is 1. The summed E-state index contributed by atoms with van der Waals surface area (Å²) in [6.45, 7) is 0.622. The second-order valence-corrected chi connectivity index (χ2v) is 5.98. The number of benzene rings is 2. The first-order valence-corrected chi connectivity index (χ1v) is 8.38. The predicted molar refractivity (Wildman–Crippen MR) is 97.4 cm³/mol. The zero-order valence-electron chi connectivity index (χ0n) is 14.4. The monoisotopic (exact) mass is 354 g/mol. The standard InChI is InChI=1S/C20H22N2O4/c21-18(23)12-13-22(14-15-6-2-1-3-7-15)19(24)11-10-16-8-4-5-9-17(16)20(25)26/h1-9H,10-14H2,(H2,21,23)(H,25,26). The molecule has 3 N–H and O–H groups in total. The number of aromatic carboxylic acids is 1. The van der Waals surface area contributed by atoms with Gasteiger partial charge in [0.1, 0.15) is 0 Å². The van der Waals surface area contributed by atoms with Gasteiger partial charge in [-0.1, -0.05) is 48.5 Å². The Bertz CT molecular complexity index is 774. The van der Waals surface area contributed by atoms with Gasteiger partial charge in [-0.15, -0.1) is 0 Å². The number of rotatable bonds is 9. The molecule has 2 aromatic carbocycles. The molecule has 0 aromatic heterocycles. The number of carbonyl (C=O) groups excluding carboxylic acids is 2. The molecule has 136 valence electrons. The lowest BCUT2D eigenvalue weighted by Crippen LogP contribution is -2.33. The Morgan fingerprint density at radius 3 is 2.23 bits per heavy atom. The molecule has 26 heavy (non-hydrogen) atoms. The molecular formula is C20H22N2O4. The first-order chi connectivity index (χ1) is 12.5. The van der Waals surface area contributed by atoms with Crippen LogP contribution in [-0.4, -0.2) is 34.3 Å². The topological polar surface area (TPSA) is 101 Å². The van der Waals surface area contributed by atoms with Crippen molar-refractivity contribution in [3.63, 3.8) is 0 Å². The van der Waals surface area contributed by atoms with Gasteiger partial charge in [-0.25, -0.2) is 4.79 Å². The van der Waals surface area contributed by atoms with Crippen molar-refractivity contribution >= 4 is 17.8 Å². The second-order valence-electron chi connectivity index (χ2n) is 5.98. The Labute approximate surface area is 152 Å². The zero-order chi connectivity index (χ0) is 18.9. The van der Waals surface area contributed by atoms with Gasteiger partial charge in [-0.05, 0) is 23.6 Å². The molecule has 0 saturated carbocycles. The number of primary amides is 1. The smallest absolute Gasteiger partial charge is 0.335 e. The van der Waals surface area contributed by atoms with Crippen LogP contribution in [0, 0.1) is 0 Å². The minimum atomic E-state index is -1.01. The summed E-state index contributed by atoms with van der Waals surface area (Å²) in [6, 6.07) is 16.1. The fourth-order valence-electron chi connectivity index (χ4n) is 2.69. The number of aryl methyl sites for hydroxylation is 1. The third kappa shape index (κ3) is 5.73. The minimum Gasteiger partial charge on any atom is -0.478 e. The van der Waals surface area contributed by atoms with E-state index in [-0.39, 0.29) is 30.9 Å². The van der Waals surface area contributed by atoms with Gasteiger partial charge in [0.05, 0.1) is 5.56 Å². The lowest BCUT2D eigenvalue weighted by molar-refractivity contribution is -0.132. The molecule has 0 aliphatic carbocycles. The molecule has 0 aliphatic rings. The minimum absolute atomic E-state index is 0.0876. The van der Waals surface area contributed by atoms with E-state index < -0.39 is 11.9 Å². The van der Waals surface area contributed by atoms with Crippen LogP contribution in [0.25, 0.3) is 0 Å². The van der Waals surface area contributed by atoms with Gasteiger partial charge < -0.3 is 15.7 Å². The van der Waals surface area contributed by atoms with Crippen LogP contribution in [0.2, 0.25) is 0 Å². The summed E-state index contributed by atoms with van der Waals surface area (Å²) >= 11 is 0. The first-order valence-electron chi connectivity index (χ1n) is 8.38. The van der Waals surface area contributed by atoms with E-state index in [0.717, 1.165) is 5.56 Å². The molecule has 2 amide bonds. The molecular weight excluding hydrogens is 332 g/mol. The van der Waals surface area contributed by atoms with Gasteiger partial charge in [0.15, 0.2) is 0 Å². The van der Waals surface area contributed by atoms with Crippen LogP contribution in [-0.2, 0) is 22.6 Å². The third-order valence-electron chi connectivity index (χ3n) is 4.05. The van der Waals surface area contributed by atoms with Gasteiger partial charge in [0, 0.05) is 25.9 Å². The summed E-state index contributed by atoms with van der Waals surface area (Å²) in [7, 11) is 0. The van der Waals surface area contributed by atoms with Crippen LogP contribution < -0.4 is 5.73 Å². The van der Waals surface area contributed by atoms with Gasteiger partial charge in [-0.3, -0.25) is 9.59 Å². The van der Waals surface area contributed by atoms with Crippen LogP contribution >= 0.6 is 0 Å². The van der Waals surface area contributed by atoms with Crippen LogP contribution in [0.3, 0.4) is 0 Å². The number of hydrogen-bond donors (Lipinski definition) is 2. The number of carboxylic acids is 1. The molecule has 0 heterocycles. The molecule has 0 unspecified atom stereocenters. The van der Waals surface area contributed by atoms with Crippen molar-refractivity contribution in [2.24, 2.45) is 5.73 Å². The van der Waals surface area contributed by atoms with Crippen LogP contribution in [0.15, 0.2) is 54.6 Å². The number of nitrogens with zero attached hydrogens (tertiary/aromatic N) is 1. The molecule has 0 spiro atoms. The lowest BCUT2D eigenvalue weighted by atomic mass is 10.0. The Balaban J connectivity index is 2.06. The quantitative estimate of drug-likeness (QED) is 0.721. The predicted octanol–water partition coefficient (Wildman–Crippen LogP) is 2.22. The largest absolute Gasteiger partial charge is 0.478 e. The molecule has 0 radical (unpaired) electrons. The van der Waals surface area contributed by atoms with Crippen molar-refractivity contribution < 1.29 is 19.5 Å². The number of hydrogen-bond acceptors (Lipinski definition) is 3. The molecule has 0 atom stereocenters. The molecule has 2 aromatic rings. The fourth-order valence-corrected chi connectivity index (χ4v) is 2.69. The Kier molecular flexibility index (Phi) is 6.91. The van der Waals surface area contributed by atoms with Crippen molar-refractivity contribution in [3.05, 3.63) is 71.3 Å². The highest BCUT2D eigenvalue weighted by atomic mass is 16.4. The summed E-state index contributed by atoms with van der Waals surface area (Å²) in [5.41, 5.74) is 6.98. The summed E-state index contributed by atoms with van der Waals surface area (Å²) < 4.78 is 0. The van der Waals surface area contributed by atoms with Crippen LogP contribution in [0.4, 0.5) is 0 Å². The average Bonchev–Trinajstić information content (AvgIpc) is 2.64. The van der Waals surface area contributed by atoms with Crippen molar-refractivity contribution in [3.8, 4) is 0 Å². The van der Waals surface area contributed by atoms with Gasteiger partial charge >= 0.3 is 5.97 Å². The maximum absolute atomic E-state index is 12.6. The van der Waals surface area contributed by atoms with Crippen molar-refractivity contribution in [2.75, 3.05) is 6.54 Å². The van der Waals surface area contributed by atoms with E-state index in [9.17, 15) is 19.5 Å². The van der Waals surface area contributed by atoms with E-state index in [0.29, 0.717) is 18.5 Å². The van der Waals surface area contributed by atoms with E-state index in [1.54, 1.807) is 23.1 Å². The number of amides is 2. The second kappa shape index (κ2) is 9.36. The molecule has 0 aliphatic heterocycles. The Hall–Kier alpha value is -3.15. The Morgan fingerprint density at radius 2 is 1.58 bits per heavy atom. The highest BCUT2D eigenvalue weighted by Crippen LogP contribution is 2.13. The van der Waals surface area contributed by atoms with E-state index in [1.165, 1.54) is 6.07 Å². The lowest BCUT2D eigenvalue weighted by Gasteiger charge is -2.22. The molecule has 2 rings (SSSR count). The highest BCUT2D eigenvalue weighted by Gasteiger charge is 2.17. The molecule has 0 bridgehead atoms. The van der Waals surface area contributed by atoms with Gasteiger partial charge in [0.2, 0.25) is 11.8 Å². The van der Waals surface area contributed by atoms with Crippen molar-refractivity contribution in [1.29, 1.82) is 0 Å². The summed E-state index contributed by atoms with van der Waals surface area (Å²) in [4.78, 5) is 36.6. The van der Waals surface area contributed by atoms with Crippen molar-refractivity contribution in [2.45, 2.75) is 25.8 Å². The maximum atomic E-state index is 12.6. The van der Waals surface area contributed by atoms with E-state index in [1.807, 2.05) is 30.3 Å². The third-order valence-corrected chi connectivity index (χ3v) is 4.05. The molecule has 0 fully saturated rings. The van der Waals surface area contributed by atoms with E-state index in [2.05, 4.69) is 0 Å². The maximum Gasteiger partial charge on any atom is 0.335 e. The number of carboxylic acid groups (broad SMARTS) is 1. The summed E-state index contributed by atoms with van der Waals surface area (Å²) in [5.74, 6) is -1.62. The van der Waals surface area contributed by atoms with E-state index >= 15 is 0 Å². The molecule has 0 saturated heterocycles. The first kappa shape index (κ1) is 19.2. The van der Waals surface area contributed by atoms with Crippen LogP contribution in [0.5, 0.6) is 0 Å². The SMILES string of the molecule is NC(=O)CCN(Cc1ccccc1)C(=O)CCc1ccccc1C(=O)O. The summed E-state index contributed by atoms with van der Waals surface area (Å²) in [6.07, 6.45) is 0.573. The molecule has 6 heteroatoms. The highest BCUT2D eigenvalue weighted by molar-refractivity contribution is 5.89. The normalized spacial score (nSPS) is 10.3. The fraction of sp³-hybridized carbons (Fsp3) is 0.250. The zero-order valence-corrected chi connectivity index (χ0v) is 14.4. The Morgan fingerprint density at radius 1 is 0.923 bits per heavy atom. The van der Waals surface area contributed by atoms with Crippen LogP contribution in [0.1, 0.15) is 34.3 Å². The number of carbonyl (C=O) groups is 3. The van der Waals surface area contributed by atoms with Gasteiger partial charge in [-0.2, -0.15) is 0 Å².